The molecule has 8 nitrogen and oxygen atoms in total. The van der Waals surface area contributed by atoms with Crippen molar-refractivity contribution in [2.75, 3.05) is 30.8 Å². The number of aromatic nitrogens is 1. The van der Waals surface area contributed by atoms with Gasteiger partial charge in [-0.2, -0.15) is 0 Å². The summed E-state index contributed by atoms with van der Waals surface area (Å²) in [7, 11) is 1.67. The van der Waals surface area contributed by atoms with Gasteiger partial charge < -0.3 is 16.0 Å². The van der Waals surface area contributed by atoms with Crippen molar-refractivity contribution in [1.82, 2.24) is 15.2 Å². The first kappa shape index (κ1) is 24.6. The summed E-state index contributed by atoms with van der Waals surface area (Å²) in [5.74, 6) is -0.421. The second-order valence-electron chi connectivity index (χ2n) is 8.15. The molecule has 34 heavy (non-hydrogen) atoms. The van der Waals surface area contributed by atoms with Gasteiger partial charge >= 0.3 is 0 Å². The van der Waals surface area contributed by atoms with Crippen LogP contribution in [0.15, 0.2) is 66.7 Å². The highest BCUT2D eigenvalue weighted by Crippen LogP contribution is 2.15. The van der Waals surface area contributed by atoms with Gasteiger partial charge in [0.05, 0.1) is 24.3 Å². The van der Waals surface area contributed by atoms with E-state index in [2.05, 4.69) is 20.9 Å². The standard InChI is InChI=1S/C26H29N5O3/c1-18-11-13-20(14-12-18)15-27-26(34)21-8-4-5-9-22(21)29-24(32)16-31(3)17-25(33)30-23-10-6-7-19(2)28-23/h4-14H,15-17H2,1-3H3,(H,27,34)(H,29,32)(H,28,30,33). The molecule has 3 rings (SSSR count). The number of para-hydroxylation sites is 1. The van der Waals surface area contributed by atoms with Crippen molar-refractivity contribution in [3.63, 3.8) is 0 Å². The zero-order valence-electron chi connectivity index (χ0n) is 19.6. The van der Waals surface area contributed by atoms with Gasteiger partial charge in [-0.1, -0.05) is 48.0 Å². The number of benzene rings is 2. The normalized spacial score (nSPS) is 10.6. The quantitative estimate of drug-likeness (QED) is 0.456. The molecule has 0 fully saturated rings. The molecular formula is C26H29N5O3. The Bertz CT molecular complexity index is 1160. The van der Waals surface area contributed by atoms with Gasteiger partial charge in [0, 0.05) is 12.2 Å². The predicted molar refractivity (Wildman–Crippen MR) is 133 cm³/mol. The van der Waals surface area contributed by atoms with Gasteiger partial charge in [-0.3, -0.25) is 19.3 Å². The van der Waals surface area contributed by atoms with Crippen LogP contribution < -0.4 is 16.0 Å². The molecule has 8 heteroatoms. The van der Waals surface area contributed by atoms with Gasteiger partial charge in [-0.25, -0.2) is 4.98 Å². The van der Waals surface area contributed by atoms with E-state index in [0.29, 0.717) is 23.6 Å². The van der Waals surface area contributed by atoms with E-state index in [-0.39, 0.29) is 30.8 Å². The second kappa shape index (κ2) is 11.7. The Balaban J connectivity index is 1.52. The first-order chi connectivity index (χ1) is 16.3. The molecule has 1 heterocycles. The van der Waals surface area contributed by atoms with E-state index in [0.717, 1.165) is 16.8 Å². The van der Waals surface area contributed by atoms with Gasteiger partial charge in [0.1, 0.15) is 5.82 Å². The van der Waals surface area contributed by atoms with Crippen LogP contribution in [0.4, 0.5) is 11.5 Å². The lowest BCUT2D eigenvalue weighted by molar-refractivity contribution is -0.119. The second-order valence-corrected chi connectivity index (χ2v) is 8.15. The number of nitrogens with zero attached hydrogens (tertiary/aromatic N) is 2. The Kier molecular flexibility index (Phi) is 8.48. The summed E-state index contributed by atoms with van der Waals surface area (Å²) >= 11 is 0. The molecule has 0 saturated carbocycles. The summed E-state index contributed by atoms with van der Waals surface area (Å²) in [5, 5.41) is 8.37. The summed E-state index contributed by atoms with van der Waals surface area (Å²) in [5.41, 5.74) is 3.72. The lowest BCUT2D eigenvalue weighted by Crippen LogP contribution is -2.36. The topological polar surface area (TPSA) is 103 Å². The minimum atomic E-state index is -0.331. The zero-order chi connectivity index (χ0) is 24.5. The van der Waals surface area contributed by atoms with E-state index in [1.165, 1.54) is 0 Å². The average Bonchev–Trinajstić information content (AvgIpc) is 2.78. The molecule has 0 aliphatic heterocycles. The van der Waals surface area contributed by atoms with Crippen LogP contribution in [0, 0.1) is 13.8 Å². The number of anilines is 2. The Labute approximate surface area is 199 Å². The molecule has 0 spiro atoms. The average molecular weight is 460 g/mol. The number of carbonyl (C=O) groups excluding carboxylic acids is 3. The smallest absolute Gasteiger partial charge is 0.253 e. The highest BCUT2D eigenvalue weighted by Gasteiger charge is 2.15. The third-order valence-electron chi connectivity index (χ3n) is 5.00. The van der Waals surface area contributed by atoms with Crippen LogP contribution >= 0.6 is 0 Å². The lowest BCUT2D eigenvalue weighted by Gasteiger charge is -2.17. The number of nitrogens with one attached hydrogen (secondary N) is 3. The number of aryl methyl sites for hydroxylation is 2. The SMILES string of the molecule is Cc1ccc(CNC(=O)c2ccccc2NC(=O)CN(C)CC(=O)Nc2cccc(C)n2)cc1. The van der Waals surface area contributed by atoms with Crippen LogP contribution in [0.2, 0.25) is 0 Å². The van der Waals surface area contributed by atoms with Crippen LogP contribution in [-0.4, -0.2) is 47.7 Å². The van der Waals surface area contributed by atoms with Crippen LogP contribution in [0.3, 0.4) is 0 Å². The van der Waals surface area contributed by atoms with Crippen LogP contribution in [0.25, 0.3) is 0 Å². The molecule has 0 atom stereocenters. The van der Waals surface area contributed by atoms with E-state index in [1.807, 2.05) is 50.2 Å². The van der Waals surface area contributed by atoms with Crippen LogP contribution in [-0.2, 0) is 16.1 Å². The Hall–Kier alpha value is -4.04. The Morgan fingerprint density at radius 3 is 2.21 bits per heavy atom. The summed E-state index contributed by atoms with van der Waals surface area (Å²) in [6.07, 6.45) is 0. The Morgan fingerprint density at radius 2 is 1.50 bits per heavy atom. The van der Waals surface area contributed by atoms with Crippen LogP contribution in [0.1, 0.15) is 27.2 Å². The van der Waals surface area contributed by atoms with Gasteiger partial charge in [0.15, 0.2) is 0 Å². The number of likely N-dealkylation sites (N-methyl/N-ethyl adjacent to an activating group) is 1. The number of hydrogen-bond acceptors (Lipinski definition) is 5. The zero-order valence-corrected chi connectivity index (χ0v) is 19.6. The molecule has 176 valence electrons. The Morgan fingerprint density at radius 1 is 0.824 bits per heavy atom. The lowest BCUT2D eigenvalue weighted by atomic mass is 10.1. The maximum absolute atomic E-state index is 12.7. The van der Waals surface area contributed by atoms with Gasteiger partial charge in [0.2, 0.25) is 11.8 Å². The van der Waals surface area contributed by atoms with Crippen molar-refractivity contribution in [1.29, 1.82) is 0 Å². The molecule has 0 aliphatic carbocycles. The first-order valence-corrected chi connectivity index (χ1v) is 10.9. The third kappa shape index (κ3) is 7.53. The van der Waals surface area contributed by atoms with E-state index < -0.39 is 0 Å². The fraction of sp³-hybridized carbons (Fsp3) is 0.231. The summed E-state index contributed by atoms with van der Waals surface area (Å²) in [6, 6.07) is 20.1. The van der Waals surface area contributed by atoms with E-state index >= 15 is 0 Å². The number of pyridine rings is 1. The summed E-state index contributed by atoms with van der Waals surface area (Å²) in [4.78, 5) is 43.4. The van der Waals surface area contributed by atoms with Crippen molar-refractivity contribution in [3.8, 4) is 0 Å². The molecular weight excluding hydrogens is 430 g/mol. The largest absolute Gasteiger partial charge is 0.348 e. The summed E-state index contributed by atoms with van der Waals surface area (Å²) < 4.78 is 0. The van der Waals surface area contributed by atoms with Crippen molar-refractivity contribution in [3.05, 3.63) is 89.1 Å². The van der Waals surface area contributed by atoms with Gasteiger partial charge in [-0.15, -0.1) is 0 Å². The molecule has 2 aromatic carbocycles. The monoisotopic (exact) mass is 459 g/mol. The van der Waals surface area contributed by atoms with Gasteiger partial charge in [-0.05, 0) is 50.7 Å². The molecule has 0 unspecified atom stereocenters. The molecule has 3 amide bonds. The minimum absolute atomic E-state index is 0.0156. The molecule has 0 aliphatic rings. The number of rotatable bonds is 9. The summed E-state index contributed by atoms with van der Waals surface area (Å²) in [6.45, 7) is 4.23. The van der Waals surface area contributed by atoms with Crippen molar-refractivity contribution in [2.45, 2.75) is 20.4 Å². The molecule has 0 radical (unpaired) electrons. The fourth-order valence-electron chi connectivity index (χ4n) is 3.30. The third-order valence-corrected chi connectivity index (χ3v) is 5.00. The fourth-order valence-corrected chi connectivity index (χ4v) is 3.30. The molecule has 3 aromatic rings. The van der Waals surface area contributed by atoms with Crippen LogP contribution in [0.5, 0.6) is 0 Å². The van der Waals surface area contributed by atoms with E-state index in [9.17, 15) is 14.4 Å². The first-order valence-electron chi connectivity index (χ1n) is 10.9. The minimum Gasteiger partial charge on any atom is -0.348 e. The molecule has 1 aromatic heterocycles. The number of hydrogen-bond donors (Lipinski definition) is 3. The highest BCUT2D eigenvalue weighted by atomic mass is 16.2. The van der Waals surface area contributed by atoms with Crippen molar-refractivity contribution >= 4 is 29.2 Å². The number of carbonyl (C=O) groups is 3. The van der Waals surface area contributed by atoms with E-state index in [1.54, 1.807) is 42.3 Å². The van der Waals surface area contributed by atoms with Gasteiger partial charge in [0.25, 0.3) is 5.91 Å². The maximum atomic E-state index is 12.7. The van der Waals surface area contributed by atoms with Crippen molar-refractivity contribution < 1.29 is 14.4 Å². The van der Waals surface area contributed by atoms with E-state index in [4.69, 9.17) is 0 Å². The predicted octanol–water partition coefficient (Wildman–Crippen LogP) is 3.14. The number of amides is 3. The highest BCUT2D eigenvalue weighted by molar-refractivity contribution is 6.04. The maximum Gasteiger partial charge on any atom is 0.253 e. The molecule has 0 bridgehead atoms. The van der Waals surface area contributed by atoms with Crippen molar-refractivity contribution in [2.24, 2.45) is 0 Å². The molecule has 3 N–H and O–H groups in total. The molecule has 0 saturated heterocycles.